The number of halogens is 3. The minimum atomic E-state index is -1.62. The second-order valence-electron chi connectivity index (χ2n) is 3.57. The lowest BCUT2D eigenvalue weighted by Crippen LogP contribution is -2.17. The molecule has 0 aliphatic carbocycles. The van der Waals surface area contributed by atoms with Crippen molar-refractivity contribution < 1.29 is 18.0 Å². The molecule has 0 fully saturated rings. The molecule has 1 aromatic carbocycles. The van der Waals surface area contributed by atoms with E-state index < -0.39 is 34.7 Å². The molecule has 0 aromatic heterocycles. The normalized spacial score (nSPS) is 12.6. The molecule has 0 amide bonds. The van der Waals surface area contributed by atoms with Crippen LogP contribution in [0.1, 0.15) is 23.7 Å². The third kappa shape index (κ3) is 2.41. The average molecular weight is 231 g/mol. The van der Waals surface area contributed by atoms with Gasteiger partial charge in [-0.1, -0.05) is 6.92 Å². The largest absolute Gasteiger partial charge is 0.330 e. The first-order chi connectivity index (χ1) is 7.49. The molecule has 88 valence electrons. The average Bonchev–Trinajstić information content (AvgIpc) is 2.26. The molecule has 2 N–H and O–H groups in total. The Morgan fingerprint density at radius 2 is 1.94 bits per heavy atom. The van der Waals surface area contributed by atoms with Crippen molar-refractivity contribution >= 4 is 5.78 Å². The number of nitrogens with two attached hydrogens (primary N) is 1. The highest BCUT2D eigenvalue weighted by Crippen LogP contribution is 2.19. The third-order valence-electron chi connectivity index (χ3n) is 2.35. The highest BCUT2D eigenvalue weighted by Gasteiger charge is 2.22. The highest BCUT2D eigenvalue weighted by atomic mass is 19.2. The third-order valence-corrected chi connectivity index (χ3v) is 2.35. The number of carbonyl (C=O) groups excluding carboxylic acids is 1. The minimum Gasteiger partial charge on any atom is -0.330 e. The molecule has 0 aliphatic heterocycles. The van der Waals surface area contributed by atoms with Gasteiger partial charge in [-0.3, -0.25) is 4.79 Å². The topological polar surface area (TPSA) is 43.1 Å². The summed E-state index contributed by atoms with van der Waals surface area (Å²) in [5.41, 5.74) is 4.83. The van der Waals surface area contributed by atoms with Crippen LogP contribution in [0.4, 0.5) is 13.2 Å². The minimum absolute atomic E-state index is 0.276. The van der Waals surface area contributed by atoms with Gasteiger partial charge in [-0.25, -0.2) is 13.2 Å². The van der Waals surface area contributed by atoms with Crippen LogP contribution in [0.3, 0.4) is 0 Å². The number of hydrogen-bond donors (Lipinski definition) is 1. The highest BCUT2D eigenvalue weighted by molar-refractivity contribution is 5.97. The Bertz CT molecular complexity index is 406. The first-order valence-corrected chi connectivity index (χ1v) is 4.86. The quantitative estimate of drug-likeness (QED) is 0.638. The SMILES string of the molecule is CC(CCN)C(=O)c1ccc(F)c(F)c1F. The summed E-state index contributed by atoms with van der Waals surface area (Å²) in [4.78, 5) is 11.6. The summed E-state index contributed by atoms with van der Waals surface area (Å²) >= 11 is 0. The molecule has 5 heteroatoms. The van der Waals surface area contributed by atoms with Gasteiger partial charge in [-0.2, -0.15) is 0 Å². The van der Waals surface area contributed by atoms with Crippen LogP contribution in [-0.4, -0.2) is 12.3 Å². The van der Waals surface area contributed by atoms with E-state index in [1.165, 1.54) is 0 Å². The first kappa shape index (κ1) is 12.7. The molecule has 0 saturated carbocycles. The molecule has 1 unspecified atom stereocenters. The lowest BCUT2D eigenvalue weighted by atomic mass is 9.96. The molecule has 0 bridgehead atoms. The summed E-state index contributed by atoms with van der Waals surface area (Å²) in [5, 5.41) is 0. The van der Waals surface area contributed by atoms with Gasteiger partial charge in [0.1, 0.15) is 0 Å². The van der Waals surface area contributed by atoms with Crippen LogP contribution in [0.25, 0.3) is 0 Å². The van der Waals surface area contributed by atoms with Crippen LogP contribution in [0.15, 0.2) is 12.1 Å². The molecular weight excluding hydrogens is 219 g/mol. The molecule has 0 spiro atoms. The fourth-order valence-corrected chi connectivity index (χ4v) is 1.36. The standard InChI is InChI=1S/C11H12F3NO/c1-6(4-5-15)11(16)7-2-3-8(12)10(14)9(7)13/h2-3,6H,4-5,15H2,1H3. The van der Waals surface area contributed by atoms with E-state index >= 15 is 0 Å². The number of Topliss-reactive ketones (excluding diaryl/α,β-unsaturated/α-hetero) is 1. The first-order valence-electron chi connectivity index (χ1n) is 4.86. The predicted molar refractivity (Wildman–Crippen MR) is 53.5 cm³/mol. The van der Waals surface area contributed by atoms with Crippen LogP contribution in [0.2, 0.25) is 0 Å². The van der Waals surface area contributed by atoms with Crippen molar-refractivity contribution in [1.29, 1.82) is 0 Å². The van der Waals surface area contributed by atoms with Crippen molar-refractivity contribution in [3.63, 3.8) is 0 Å². The second-order valence-corrected chi connectivity index (χ2v) is 3.57. The van der Waals surface area contributed by atoms with Gasteiger partial charge in [0.25, 0.3) is 0 Å². The van der Waals surface area contributed by atoms with E-state index in [0.29, 0.717) is 6.42 Å². The number of hydrogen-bond acceptors (Lipinski definition) is 2. The summed E-state index contributed by atoms with van der Waals surface area (Å²) in [7, 11) is 0. The van der Waals surface area contributed by atoms with Crippen LogP contribution in [0.5, 0.6) is 0 Å². The maximum Gasteiger partial charge on any atom is 0.195 e. The molecule has 16 heavy (non-hydrogen) atoms. The van der Waals surface area contributed by atoms with Gasteiger partial charge in [-0.05, 0) is 25.1 Å². The number of rotatable bonds is 4. The predicted octanol–water partition coefficient (Wildman–Crippen LogP) is 2.27. The van der Waals surface area contributed by atoms with Crippen LogP contribution in [0, 0.1) is 23.4 Å². The summed E-state index contributed by atoms with van der Waals surface area (Å²) in [5.74, 6) is -5.44. The van der Waals surface area contributed by atoms with Crippen LogP contribution in [-0.2, 0) is 0 Å². The second kappa shape index (κ2) is 5.12. The maximum atomic E-state index is 13.2. The van der Waals surface area contributed by atoms with Crippen molar-refractivity contribution in [2.24, 2.45) is 11.7 Å². The Labute approximate surface area is 91.3 Å². The zero-order valence-electron chi connectivity index (χ0n) is 8.77. The molecular formula is C11H12F3NO. The molecule has 0 aliphatic rings. The summed E-state index contributed by atoms with van der Waals surface area (Å²) in [6.45, 7) is 1.84. The van der Waals surface area contributed by atoms with E-state index in [2.05, 4.69) is 0 Å². The molecule has 2 nitrogen and oxygen atoms in total. The zero-order valence-corrected chi connectivity index (χ0v) is 8.77. The Morgan fingerprint density at radius 1 is 1.31 bits per heavy atom. The lowest BCUT2D eigenvalue weighted by Gasteiger charge is -2.10. The monoisotopic (exact) mass is 231 g/mol. The van der Waals surface area contributed by atoms with Crippen molar-refractivity contribution in [2.75, 3.05) is 6.54 Å². The summed E-state index contributed by atoms with van der Waals surface area (Å²) < 4.78 is 38.7. The number of benzene rings is 1. The summed E-state index contributed by atoms with van der Waals surface area (Å²) in [6.07, 6.45) is 0.372. The molecule has 1 atom stereocenters. The van der Waals surface area contributed by atoms with E-state index in [4.69, 9.17) is 5.73 Å². The fraction of sp³-hybridized carbons (Fsp3) is 0.364. The Morgan fingerprint density at radius 3 is 2.50 bits per heavy atom. The van der Waals surface area contributed by atoms with Gasteiger partial charge in [0.05, 0.1) is 5.56 Å². The maximum absolute atomic E-state index is 13.2. The van der Waals surface area contributed by atoms with E-state index in [9.17, 15) is 18.0 Å². The van der Waals surface area contributed by atoms with Gasteiger partial charge < -0.3 is 5.73 Å². The van der Waals surface area contributed by atoms with Crippen LogP contribution >= 0.6 is 0 Å². The van der Waals surface area contributed by atoms with Gasteiger partial charge in [-0.15, -0.1) is 0 Å². The smallest absolute Gasteiger partial charge is 0.195 e. The fourth-order valence-electron chi connectivity index (χ4n) is 1.36. The van der Waals surface area contributed by atoms with Crippen molar-refractivity contribution in [1.82, 2.24) is 0 Å². The number of ketones is 1. The molecule has 1 rings (SSSR count). The molecule has 0 saturated heterocycles. The Kier molecular flexibility index (Phi) is 4.06. The summed E-state index contributed by atoms with van der Waals surface area (Å²) in [6, 6.07) is 1.68. The van der Waals surface area contributed by atoms with Crippen LogP contribution < -0.4 is 5.73 Å². The van der Waals surface area contributed by atoms with Gasteiger partial charge >= 0.3 is 0 Å². The van der Waals surface area contributed by atoms with Crippen molar-refractivity contribution in [2.45, 2.75) is 13.3 Å². The Balaban J connectivity index is 3.05. The molecule has 0 radical (unpaired) electrons. The van der Waals surface area contributed by atoms with Gasteiger partial charge in [0, 0.05) is 5.92 Å². The molecule has 0 heterocycles. The van der Waals surface area contributed by atoms with E-state index in [-0.39, 0.29) is 6.54 Å². The molecule has 1 aromatic rings. The zero-order chi connectivity index (χ0) is 12.3. The van der Waals surface area contributed by atoms with Gasteiger partial charge in [0.15, 0.2) is 23.2 Å². The van der Waals surface area contributed by atoms with E-state index in [0.717, 1.165) is 12.1 Å². The lowest BCUT2D eigenvalue weighted by molar-refractivity contribution is 0.0920. The Hall–Kier alpha value is -1.36. The van der Waals surface area contributed by atoms with Gasteiger partial charge in [0.2, 0.25) is 0 Å². The van der Waals surface area contributed by atoms with Crippen molar-refractivity contribution in [3.8, 4) is 0 Å². The van der Waals surface area contributed by atoms with E-state index in [1.54, 1.807) is 6.92 Å². The van der Waals surface area contributed by atoms with Crippen molar-refractivity contribution in [3.05, 3.63) is 35.1 Å². The number of carbonyl (C=O) groups is 1. The van der Waals surface area contributed by atoms with E-state index in [1.807, 2.05) is 0 Å².